The van der Waals surface area contributed by atoms with E-state index in [1.807, 2.05) is 18.2 Å². The Hall–Kier alpha value is -2.89. The zero-order chi connectivity index (χ0) is 19.2. The van der Waals surface area contributed by atoms with Crippen LogP contribution in [0.4, 0.5) is 10.1 Å². The number of carbonyl (C=O) groups is 2. The van der Waals surface area contributed by atoms with Crippen LogP contribution >= 0.6 is 0 Å². The van der Waals surface area contributed by atoms with E-state index in [9.17, 15) is 14.0 Å². The monoisotopic (exact) mass is 370 g/mol. The second kappa shape index (κ2) is 8.66. The topological polar surface area (TPSA) is 58.6 Å². The number of piperidine rings is 1. The fraction of sp³-hybridized carbons (Fsp3) is 0.333. The molecular formula is C21H23FN2O3. The lowest BCUT2D eigenvalue weighted by atomic mass is 9.95. The molecule has 0 aromatic heterocycles. The average molecular weight is 370 g/mol. The summed E-state index contributed by atoms with van der Waals surface area (Å²) in [7, 11) is 1.58. The van der Waals surface area contributed by atoms with Crippen molar-refractivity contribution in [3.05, 3.63) is 59.9 Å². The highest BCUT2D eigenvalue weighted by Gasteiger charge is 2.27. The summed E-state index contributed by atoms with van der Waals surface area (Å²) in [5.74, 6) is 0.140. The summed E-state index contributed by atoms with van der Waals surface area (Å²) in [6.45, 7) is 1.06. The second-order valence-electron chi connectivity index (χ2n) is 6.68. The van der Waals surface area contributed by atoms with Crippen molar-refractivity contribution in [2.24, 2.45) is 5.92 Å². The van der Waals surface area contributed by atoms with Gasteiger partial charge < -0.3 is 15.0 Å². The molecule has 0 aliphatic carbocycles. The third-order valence-corrected chi connectivity index (χ3v) is 4.80. The quantitative estimate of drug-likeness (QED) is 0.879. The molecule has 0 radical (unpaired) electrons. The third kappa shape index (κ3) is 5.06. The summed E-state index contributed by atoms with van der Waals surface area (Å²) in [5, 5.41) is 2.91. The second-order valence-corrected chi connectivity index (χ2v) is 6.68. The summed E-state index contributed by atoms with van der Waals surface area (Å²) in [5.41, 5.74) is 1.36. The number of hydrogen-bond acceptors (Lipinski definition) is 3. The van der Waals surface area contributed by atoms with Gasteiger partial charge in [0.15, 0.2) is 0 Å². The lowest BCUT2D eigenvalue weighted by Crippen LogP contribution is -2.42. The number of nitrogens with zero attached hydrogens (tertiary/aromatic N) is 1. The lowest BCUT2D eigenvalue weighted by molar-refractivity contribution is -0.133. The molecule has 6 heteroatoms. The van der Waals surface area contributed by atoms with Crippen LogP contribution < -0.4 is 10.1 Å². The minimum Gasteiger partial charge on any atom is -0.497 e. The maximum atomic E-state index is 13.2. The van der Waals surface area contributed by atoms with Crippen molar-refractivity contribution in [3.8, 4) is 5.75 Å². The molecule has 27 heavy (non-hydrogen) atoms. The summed E-state index contributed by atoms with van der Waals surface area (Å²) in [4.78, 5) is 26.6. The van der Waals surface area contributed by atoms with E-state index in [1.54, 1.807) is 30.2 Å². The number of amides is 2. The molecule has 0 atom stereocenters. The number of anilines is 1. The molecule has 2 aromatic rings. The Morgan fingerprint density at radius 3 is 2.59 bits per heavy atom. The van der Waals surface area contributed by atoms with E-state index in [1.165, 1.54) is 12.1 Å². The van der Waals surface area contributed by atoms with Crippen LogP contribution in [0.25, 0.3) is 0 Å². The molecule has 1 aliphatic rings. The van der Waals surface area contributed by atoms with E-state index in [-0.39, 0.29) is 30.0 Å². The molecule has 0 saturated carbocycles. The van der Waals surface area contributed by atoms with Crippen molar-refractivity contribution in [3.63, 3.8) is 0 Å². The Labute approximate surface area is 158 Å². The van der Waals surface area contributed by atoms with E-state index in [0.717, 1.165) is 0 Å². The number of hydrogen-bond donors (Lipinski definition) is 1. The molecule has 1 N–H and O–H groups in total. The van der Waals surface area contributed by atoms with Gasteiger partial charge in [-0.25, -0.2) is 4.39 Å². The number of likely N-dealkylation sites (tertiary alicyclic amines) is 1. The van der Waals surface area contributed by atoms with Crippen molar-refractivity contribution < 1.29 is 18.7 Å². The van der Waals surface area contributed by atoms with Gasteiger partial charge in [0.1, 0.15) is 11.6 Å². The molecule has 0 unspecified atom stereocenters. The largest absolute Gasteiger partial charge is 0.497 e. The molecule has 5 nitrogen and oxygen atoms in total. The van der Waals surface area contributed by atoms with Gasteiger partial charge in [-0.2, -0.15) is 0 Å². The summed E-state index contributed by atoms with van der Waals surface area (Å²) in [6.07, 6.45) is 1.41. The number of benzene rings is 2. The van der Waals surface area contributed by atoms with E-state index >= 15 is 0 Å². The van der Waals surface area contributed by atoms with Crippen molar-refractivity contribution in [2.75, 3.05) is 25.5 Å². The van der Waals surface area contributed by atoms with Gasteiger partial charge in [-0.15, -0.1) is 0 Å². The Bertz CT molecular complexity index is 817. The van der Waals surface area contributed by atoms with Gasteiger partial charge in [-0.05, 0) is 42.7 Å². The van der Waals surface area contributed by atoms with Crippen molar-refractivity contribution in [2.45, 2.75) is 19.3 Å². The maximum Gasteiger partial charge on any atom is 0.227 e. The summed E-state index contributed by atoms with van der Waals surface area (Å²) >= 11 is 0. The van der Waals surface area contributed by atoms with Gasteiger partial charge in [0.05, 0.1) is 13.5 Å². The van der Waals surface area contributed by atoms with Crippen molar-refractivity contribution in [1.29, 1.82) is 0 Å². The summed E-state index contributed by atoms with van der Waals surface area (Å²) in [6, 6.07) is 13.3. The van der Waals surface area contributed by atoms with E-state index in [0.29, 0.717) is 42.9 Å². The van der Waals surface area contributed by atoms with Gasteiger partial charge in [0, 0.05) is 30.8 Å². The fourth-order valence-corrected chi connectivity index (χ4v) is 3.27. The highest BCUT2D eigenvalue weighted by atomic mass is 19.1. The minimum absolute atomic E-state index is 0.0350. The van der Waals surface area contributed by atoms with Crippen LogP contribution in [0.5, 0.6) is 5.75 Å². The number of ether oxygens (including phenoxy) is 1. The summed E-state index contributed by atoms with van der Waals surface area (Å²) < 4.78 is 18.4. The van der Waals surface area contributed by atoms with Crippen molar-refractivity contribution in [1.82, 2.24) is 4.90 Å². The lowest BCUT2D eigenvalue weighted by Gasteiger charge is -2.31. The number of nitrogens with one attached hydrogen (secondary N) is 1. The van der Waals surface area contributed by atoms with Crippen LogP contribution in [-0.4, -0.2) is 36.9 Å². The number of halogens is 1. The first-order valence-corrected chi connectivity index (χ1v) is 9.02. The molecule has 1 saturated heterocycles. The molecule has 1 heterocycles. The number of carbonyl (C=O) groups excluding carboxylic acids is 2. The highest BCUT2D eigenvalue weighted by Crippen LogP contribution is 2.22. The normalized spacial score (nSPS) is 14.7. The highest BCUT2D eigenvalue weighted by molar-refractivity contribution is 5.93. The van der Waals surface area contributed by atoms with E-state index in [4.69, 9.17) is 4.74 Å². The van der Waals surface area contributed by atoms with Gasteiger partial charge in [-0.1, -0.05) is 18.2 Å². The number of rotatable bonds is 5. The Morgan fingerprint density at radius 1 is 1.15 bits per heavy atom. The first kappa shape index (κ1) is 18.9. The van der Waals surface area contributed by atoms with Gasteiger partial charge in [0.25, 0.3) is 0 Å². The fourth-order valence-electron chi connectivity index (χ4n) is 3.27. The zero-order valence-electron chi connectivity index (χ0n) is 15.3. The molecule has 0 bridgehead atoms. The Kier molecular flexibility index (Phi) is 6.06. The van der Waals surface area contributed by atoms with Crippen LogP contribution in [0.2, 0.25) is 0 Å². The molecule has 1 aliphatic heterocycles. The molecule has 2 aromatic carbocycles. The first-order valence-electron chi connectivity index (χ1n) is 9.02. The van der Waals surface area contributed by atoms with Crippen LogP contribution in [0.1, 0.15) is 18.4 Å². The van der Waals surface area contributed by atoms with E-state index < -0.39 is 0 Å². The molecule has 2 amide bonds. The molecule has 0 spiro atoms. The predicted molar refractivity (Wildman–Crippen MR) is 101 cm³/mol. The van der Waals surface area contributed by atoms with Crippen LogP contribution in [0.15, 0.2) is 48.5 Å². The van der Waals surface area contributed by atoms with Gasteiger partial charge in [-0.3, -0.25) is 9.59 Å². The van der Waals surface area contributed by atoms with Crippen LogP contribution in [0, 0.1) is 11.7 Å². The van der Waals surface area contributed by atoms with Gasteiger partial charge >= 0.3 is 0 Å². The molecule has 1 fully saturated rings. The molecular weight excluding hydrogens is 347 g/mol. The standard InChI is InChI=1S/C21H23FN2O3/c1-27-19-7-3-6-18(14-19)23-21(26)16-8-10-24(11-9-16)20(25)13-15-4-2-5-17(22)12-15/h2-7,12,14,16H,8-11,13H2,1H3,(H,23,26). The molecule has 3 rings (SSSR count). The maximum absolute atomic E-state index is 13.2. The third-order valence-electron chi connectivity index (χ3n) is 4.80. The Morgan fingerprint density at radius 2 is 1.89 bits per heavy atom. The smallest absolute Gasteiger partial charge is 0.227 e. The van der Waals surface area contributed by atoms with Crippen LogP contribution in [0.3, 0.4) is 0 Å². The number of methoxy groups -OCH3 is 1. The molecule has 142 valence electrons. The average Bonchev–Trinajstić information content (AvgIpc) is 2.68. The first-order chi connectivity index (χ1) is 13.0. The van der Waals surface area contributed by atoms with E-state index in [2.05, 4.69) is 5.32 Å². The van der Waals surface area contributed by atoms with Gasteiger partial charge in [0.2, 0.25) is 11.8 Å². The predicted octanol–water partition coefficient (Wildman–Crippen LogP) is 3.25. The van der Waals surface area contributed by atoms with Crippen molar-refractivity contribution >= 4 is 17.5 Å². The van der Waals surface area contributed by atoms with Crippen LogP contribution in [-0.2, 0) is 16.0 Å². The zero-order valence-corrected chi connectivity index (χ0v) is 15.3. The SMILES string of the molecule is COc1cccc(NC(=O)C2CCN(C(=O)Cc3cccc(F)c3)CC2)c1. The minimum atomic E-state index is -0.340. The Balaban J connectivity index is 1.50.